The second-order valence-electron chi connectivity index (χ2n) is 18.6. The molecule has 6 nitrogen and oxygen atoms in total. The van der Waals surface area contributed by atoms with Gasteiger partial charge < -0.3 is 14.2 Å². The van der Waals surface area contributed by atoms with Gasteiger partial charge in [0, 0.05) is 19.3 Å². The largest absolute Gasteiger partial charge is 0.462 e. The van der Waals surface area contributed by atoms with E-state index in [9.17, 15) is 14.4 Å². The van der Waals surface area contributed by atoms with Crippen molar-refractivity contribution >= 4 is 17.9 Å². The highest BCUT2D eigenvalue weighted by molar-refractivity contribution is 5.71. The Morgan fingerprint density at radius 1 is 0.299 bits per heavy atom. The lowest BCUT2D eigenvalue weighted by Crippen LogP contribution is -2.30. The molecular formula is C61H104O6. The molecule has 0 aliphatic heterocycles. The highest BCUT2D eigenvalue weighted by atomic mass is 16.6. The van der Waals surface area contributed by atoms with E-state index in [2.05, 4.69) is 106 Å². The van der Waals surface area contributed by atoms with Crippen LogP contribution in [-0.4, -0.2) is 37.2 Å². The number of allylic oxidation sites excluding steroid dienone is 14. The van der Waals surface area contributed by atoms with Crippen LogP contribution >= 0.6 is 0 Å². The van der Waals surface area contributed by atoms with Gasteiger partial charge in [-0.25, -0.2) is 0 Å². The van der Waals surface area contributed by atoms with E-state index < -0.39 is 6.10 Å². The molecule has 384 valence electrons. The standard InChI is InChI=1S/C61H104O6/c1-4-7-10-13-16-19-22-25-28-30-31-34-36-39-42-45-48-51-54-60(63)66-57-58(56-65-59(62)53-50-47-44-41-38-35-32-27-24-21-18-15-12-9-6-3)67-61(64)55-52-49-46-43-40-37-33-29-26-23-20-17-14-11-8-5-2/h18,21-22,24-25,27-31,33-34,37,40,58H,4-17,19-20,23,26,32,35-36,38-39,41-57H2,1-3H3/b21-18-,25-22-,27-24-,30-28-,33-29-,34-31-,40-37-. The second-order valence-corrected chi connectivity index (χ2v) is 18.6. The average Bonchev–Trinajstić information content (AvgIpc) is 3.33. The predicted octanol–water partition coefficient (Wildman–Crippen LogP) is 18.8. The molecule has 0 saturated carbocycles. The average molecular weight is 933 g/mol. The van der Waals surface area contributed by atoms with E-state index in [-0.39, 0.29) is 37.5 Å². The minimum atomic E-state index is -0.805. The molecule has 6 heteroatoms. The number of carbonyl (C=O) groups is 3. The Balaban J connectivity index is 4.49. The SMILES string of the molecule is CCCCC/C=C\C=C/CCCCCCCCC(=O)OCC(COC(=O)CCCCCCC\C=C/C=C\C=C/CCCCCCC)OC(=O)CCCCC/C=C\C=C/CCCCCCCCC. The first-order chi connectivity index (χ1) is 33.0. The second kappa shape index (κ2) is 55.2. The van der Waals surface area contributed by atoms with Gasteiger partial charge in [-0.05, 0) is 96.3 Å². The summed E-state index contributed by atoms with van der Waals surface area (Å²) in [6.45, 7) is 6.54. The third-order valence-electron chi connectivity index (χ3n) is 12.0. The smallest absolute Gasteiger partial charge is 0.306 e. The molecule has 0 spiro atoms. The molecular weight excluding hydrogens is 829 g/mol. The van der Waals surface area contributed by atoms with Crippen molar-refractivity contribution < 1.29 is 28.6 Å². The van der Waals surface area contributed by atoms with Crippen LogP contribution in [0.5, 0.6) is 0 Å². The zero-order valence-electron chi connectivity index (χ0n) is 43.9. The normalized spacial score (nSPS) is 12.7. The van der Waals surface area contributed by atoms with Gasteiger partial charge in [0.2, 0.25) is 0 Å². The molecule has 0 saturated heterocycles. The van der Waals surface area contributed by atoms with Gasteiger partial charge in [-0.2, -0.15) is 0 Å². The molecule has 0 rings (SSSR count). The van der Waals surface area contributed by atoms with Gasteiger partial charge in [0.25, 0.3) is 0 Å². The van der Waals surface area contributed by atoms with E-state index in [0.717, 1.165) is 103 Å². The minimum Gasteiger partial charge on any atom is -0.462 e. The van der Waals surface area contributed by atoms with Gasteiger partial charge in [-0.3, -0.25) is 14.4 Å². The summed E-state index contributed by atoms with van der Waals surface area (Å²) in [6.07, 6.45) is 71.3. The number of hydrogen-bond donors (Lipinski definition) is 0. The fourth-order valence-corrected chi connectivity index (χ4v) is 7.66. The Labute approximate surface area is 414 Å². The lowest BCUT2D eigenvalue weighted by molar-refractivity contribution is -0.167. The number of unbranched alkanes of at least 4 members (excludes halogenated alkanes) is 29. The van der Waals surface area contributed by atoms with Crippen LogP contribution < -0.4 is 0 Å². The lowest BCUT2D eigenvalue weighted by Gasteiger charge is -2.18. The molecule has 1 unspecified atom stereocenters. The van der Waals surface area contributed by atoms with Crippen LogP contribution in [0.25, 0.3) is 0 Å². The van der Waals surface area contributed by atoms with E-state index in [1.54, 1.807) is 0 Å². The number of esters is 3. The van der Waals surface area contributed by atoms with Crippen LogP contribution in [0, 0.1) is 0 Å². The highest BCUT2D eigenvalue weighted by Gasteiger charge is 2.19. The van der Waals surface area contributed by atoms with E-state index in [1.807, 2.05) is 0 Å². The molecule has 0 radical (unpaired) electrons. The Hall–Kier alpha value is -3.41. The molecule has 0 bridgehead atoms. The molecule has 1 atom stereocenters. The summed E-state index contributed by atoms with van der Waals surface area (Å²) in [5.41, 5.74) is 0. The van der Waals surface area contributed by atoms with Crippen molar-refractivity contribution in [2.75, 3.05) is 13.2 Å². The number of rotatable bonds is 50. The summed E-state index contributed by atoms with van der Waals surface area (Å²) in [5.74, 6) is -0.954. The van der Waals surface area contributed by atoms with Gasteiger partial charge in [0.05, 0.1) is 0 Å². The Morgan fingerprint density at radius 3 is 0.881 bits per heavy atom. The highest BCUT2D eigenvalue weighted by Crippen LogP contribution is 2.14. The molecule has 0 amide bonds. The molecule has 0 aliphatic rings. The topological polar surface area (TPSA) is 78.9 Å². The van der Waals surface area contributed by atoms with Gasteiger partial charge in [0.1, 0.15) is 13.2 Å². The Morgan fingerprint density at radius 2 is 0.537 bits per heavy atom. The van der Waals surface area contributed by atoms with Crippen LogP contribution in [0.15, 0.2) is 85.1 Å². The van der Waals surface area contributed by atoms with Crippen molar-refractivity contribution in [2.24, 2.45) is 0 Å². The van der Waals surface area contributed by atoms with Crippen molar-refractivity contribution in [1.82, 2.24) is 0 Å². The first-order valence-corrected chi connectivity index (χ1v) is 28.2. The minimum absolute atomic E-state index is 0.100. The van der Waals surface area contributed by atoms with Gasteiger partial charge in [-0.1, -0.05) is 234 Å². The predicted molar refractivity (Wildman–Crippen MR) is 288 cm³/mol. The number of ether oxygens (including phenoxy) is 3. The fourth-order valence-electron chi connectivity index (χ4n) is 7.66. The van der Waals surface area contributed by atoms with Gasteiger partial charge in [0.15, 0.2) is 6.10 Å². The van der Waals surface area contributed by atoms with Crippen molar-refractivity contribution in [3.05, 3.63) is 85.1 Å². The molecule has 0 aromatic carbocycles. The summed E-state index contributed by atoms with van der Waals surface area (Å²) in [6, 6.07) is 0. The first-order valence-electron chi connectivity index (χ1n) is 28.2. The zero-order chi connectivity index (χ0) is 48.6. The maximum Gasteiger partial charge on any atom is 0.306 e. The summed E-state index contributed by atoms with van der Waals surface area (Å²) >= 11 is 0. The monoisotopic (exact) mass is 933 g/mol. The van der Waals surface area contributed by atoms with Crippen LogP contribution in [0.3, 0.4) is 0 Å². The summed E-state index contributed by atoms with van der Waals surface area (Å²) in [7, 11) is 0. The molecule has 67 heavy (non-hydrogen) atoms. The van der Waals surface area contributed by atoms with Crippen LogP contribution in [0.4, 0.5) is 0 Å². The Bertz CT molecular complexity index is 1300. The summed E-state index contributed by atoms with van der Waals surface area (Å²) in [4.78, 5) is 38.1. The van der Waals surface area contributed by atoms with E-state index in [0.29, 0.717) is 12.8 Å². The van der Waals surface area contributed by atoms with Gasteiger partial charge in [-0.15, -0.1) is 0 Å². The first kappa shape index (κ1) is 63.6. The van der Waals surface area contributed by atoms with Gasteiger partial charge >= 0.3 is 17.9 Å². The van der Waals surface area contributed by atoms with Crippen molar-refractivity contribution in [3.8, 4) is 0 Å². The quantitative estimate of drug-likeness (QED) is 0.0262. The molecule has 0 N–H and O–H groups in total. The number of carbonyl (C=O) groups excluding carboxylic acids is 3. The Kier molecular flexibility index (Phi) is 52.4. The summed E-state index contributed by atoms with van der Waals surface area (Å²) < 4.78 is 16.8. The molecule has 0 fully saturated rings. The number of hydrogen-bond acceptors (Lipinski definition) is 6. The van der Waals surface area contributed by atoms with E-state index in [1.165, 1.54) is 122 Å². The third kappa shape index (κ3) is 53.4. The van der Waals surface area contributed by atoms with Crippen molar-refractivity contribution in [1.29, 1.82) is 0 Å². The third-order valence-corrected chi connectivity index (χ3v) is 12.0. The fraction of sp³-hybridized carbons (Fsp3) is 0.721. The van der Waals surface area contributed by atoms with Crippen LogP contribution in [0.2, 0.25) is 0 Å². The van der Waals surface area contributed by atoms with Crippen LogP contribution in [0.1, 0.15) is 265 Å². The van der Waals surface area contributed by atoms with E-state index in [4.69, 9.17) is 14.2 Å². The maximum absolute atomic E-state index is 12.8. The van der Waals surface area contributed by atoms with Crippen molar-refractivity contribution in [2.45, 2.75) is 271 Å². The molecule has 0 aliphatic carbocycles. The molecule has 0 aromatic rings. The summed E-state index contributed by atoms with van der Waals surface area (Å²) in [5, 5.41) is 0. The van der Waals surface area contributed by atoms with E-state index >= 15 is 0 Å². The van der Waals surface area contributed by atoms with Crippen molar-refractivity contribution in [3.63, 3.8) is 0 Å². The lowest BCUT2D eigenvalue weighted by atomic mass is 10.1. The maximum atomic E-state index is 12.8. The molecule has 0 aromatic heterocycles. The molecule has 0 heterocycles. The zero-order valence-corrected chi connectivity index (χ0v) is 43.9. The van der Waals surface area contributed by atoms with Crippen LogP contribution in [-0.2, 0) is 28.6 Å².